The number of carbonyl (C=O) groups excluding carboxylic acids is 3. The number of benzene rings is 2. The van der Waals surface area contributed by atoms with Crippen molar-refractivity contribution in [2.75, 3.05) is 26.2 Å². The van der Waals surface area contributed by atoms with Crippen molar-refractivity contribution in [2.24, 2.45) is 0 Å². The number of ketones is 1. The SMILES string of the molecule is COC(=O)C1=C(C)N(c2cccc(C(C)=O)c2)C(=O)/C1=C\c1cc(OC)ccc1OC. The molecule has 2 aromatic rings. The summed E-state index contributed by atoms with van der Waals surface area (Å²) < 4.78 is 15.6. The first-order valence-electron chi connectivity index (χ1n) is 9.51. The number of rotatable bonds is 6. The highest BCUT2D eigenvalue weighted by Gasteiger charge is 2.38. The van der Waals surface area contributed by atoms with Crippen molar-refractivity contribution in [3.63, 3.8) is 0 Å². The van der Waals surface area contributed by atoms with E-state index in [1.165, 1.54) is 33.2 Å². The van der Waals surface area contributed by atoms with E-state index in [4.69, 9.17) is 14.2 Å². The molecule has 0 N–H and O–H groups in total. The van der Waals surface area contributed by atoms with Crippen LogP contribution in [0.4, 0.5) is 5.69 Å². The van der Waals surface area contributed by atoms with Gasteiger partial charge in [0.05, 0.1) is 32.5 Å². The summed E-state index contributed by atoms with van der Waals surface area (Å²) in [7, 11) is 4.31. The molecule has 7 nitrogen and oxygen atoms in total. The average Bonchev–Trinajstić information content (AvgIpc) is 3.02. The standard InChI is InChI=1S/C24H23NO6/c1-14-22(24(28)31-5)20(13-17-12-19(29-3)9-10-21(17)30-4)23(27)25(14)18-8-6-7-16(11-18)15(2)26/h6-13H,1-5H3/b20-13-. The highest BCUT2D eigenvalue weighted by molar-refractivity contribution is 6.24. The summed E-state index contributed by atoms with van der Waals surface area (Å²) in [5, 5.41) is 0. The Kier molecular flexibility index (Phi) is 6.25. The summed E-state index contributed by atoms with van der Waals surface area (Å²) in [6.07, 6.45) is 1.58. The van der Waals surface area contributed by atoms with Crippen LogP contribution in [0.25, 0.3) is 6.08 Å². The van der Waals surface area contributed by atoms with Gasteiger partial charge in [-0.3, -0.25) is 14.5 Å². The molecule has 3 rings (SSSR count). The smallest absolute Gasteiger partial charge is 0.340 e. The van der Waals surface area contributed by atoms with Gasteiger partial charge in [-0.1, -0.05) is 12.1 Å². The number of methoxy groups -OCH3 is 3. The lowest BCUT2D eigenvalue weighted by Gasteiger charge is -2.18. The lowest BCUT2D eigenvalue weighted by Crippen LogP contribution is -2.24. The van der Waals surface area contributed by atoms with Crippen LogP contribution in [0.2, 0.25) is 0 Å². The zero-order valence-corrected chi connectivity index (χ0v) is 18.0. The van der Waals surface area contributed by atoms with E-state index in [0.29, 0.717) is 34.0 Å². The third-order valence-corrected chi connectivity index (χ3v) is 5.04. The molecule has 2 aromatic carbocycles. The maximum atomic E-state index is 13.4. The predicted octanol–water partition coefficient (Wildman–Crippen LogP) is 3.78. The molecule has 0 bridgehead atoms. The number of esters is 1. The van der Waals surface area contributed by atoms with E-state index in [1.54, 1.807) is 55.5 Å². The number of nitrogens with zero attached hydrogens (tertiary/aromatic N) is 1. The first-order valence-corrected chi connectivity index (χ1v) is 9.51. The fourth-order valence-electron chi connectivity index (χ4n) is 3.46. The molecule has 0 aliphatic carbocycles. The number of hydrogen-bond donors (Lipinski definition) is 0. The molecule has 160 valence electrons. The lowest BCUT2D eigenvalue weighted by molar-refractivity contribution is -0.136. The minimum absolute atomic E-state index is 0.125. The van der Waals surface area contributed by atoms with Crippen LogP contribution in [0.3, 0.4) is 0 Å². The number of amides is 1. The Hall–Kier alpha value is -3.87. The number of allylic oxidation sites excluding steroid dienone is 1. The highest BCUT2D eigenvalue weighted by Crippen LogP contribution is 2.37. The topological polar surface area (TPSA) is 82.1 Å². The van der Waals surface area contributed by atoms with Crippen LogP contribution in [0.1, 0.15) is 29.8 Å². The van der Waals surface area contributed by atoms with Crippen LogP contribution in [-0.4, -0.2) is 39.0 Å². The number of Topliss-reactive ketones (excluding diaryl/α,β-unsaturated/α-hetero) is 1. The average molecular weight is 421 g/mol. The fourth-order valence-corrected chi connectivity index (χ4v) is 3.46. The minimum Gasteiger partial charge on any atom is -0.497 e. The second kappa shape index (κ2) is 8.87. The van der Waals surface area contributed by atoms with Crippen LogP contribution in [0, 0.1) is 0 Å². The van der Waals surface area contributed by atoms with Gasteiger partial charge in [-0.05, 0) is 50.3 Å². The van der Waals surface area contributed by atoms with Crippen LogP contribution in [0.15, 0.2) is 59.3 Å². The van der Waals surface area contributed by atoms with Gasteiger partial charge in [-0.25, -0.2) is 4.79 Å². The Balaban J connectivity index is 2.19. The molecule has 1 amide bonds. The molecule has 7 heteroatoms. The van der Waals surface area contributed by atoms with Crippen molar-refractivity contribution in [3.8, 4) is 11.5 Å². The summed E-state index contributed by atoms with van der Waals surface area (Å²) >= 11 is 0. The molecule has 0 fully saturated rings. The normalized spacial score (nSPS) is 14.8. The molecule has 0 aromatic heterocycles. The van der Waals surface area contributed by atoms with Gasteiger partial charge in [0, 0.05) is 22.5 Å². The summed E-state index contributed by atoms with van der Waals surface area (Å²) in [6, 6.07) is 11.8. The second-order valence-corrected chi connectivity index (χ2v) is 6.86. The number of hydrogen-bond acceptors (Lipinski definition) is 6. The van der Waals surface area contributed by atoms with E-state index < -0.39 is 11.9 Å². The van der Waals surface area contributed by atoms with Gasteiger partial charge in [-0.2, -0.15) is 0 Å². The zero-order valence-electron chi connectivity index (χ0n) is 18.0. The Morgan fingerprint density at radius 1 is 1.00 bits per heavy atom. The third kappa shape index (κ3) is 4.07. The third-order valence-electron chi connectivity index (χ3n) is 5.04. The minimum atomic E-state index is -0.635. The molecule has 1 aliphatic heterocycles. The Labute approximate surface area is 180 Å². The first-order chi connectivity index (χ1) is 14.8. The molecular weight excluding hydrogens is 398 g/mol. The van der Waals surface area contributed by atoms with Crippen molar-refractivity contribution < 1.29 is 28.6 Å². The van der Waals surface area contributed by atoms with Gasteiger partial charge in [0.2, 0.25) is 0 Å². The van der Waals surface area contributed by atoms with E-state index >= 15 is 0 Å². The zero-order chi connectivity index (χ0) is 22.7. The first kappa shape index (κ1) is 21.8. The maximum Gasteiger partial charge on any atom is 0.340 e. The molecule has 1 heterocycles. The molecule has 31 heavy (non-hydrogen) atoms. The van der Waals surface area contributed by atoms with E-state index in [1.807, 2.05) is 0 Å². The summed E-state index contributed by atoms with van der Waals surface area (Å²) in [5.74, 6) is -0.0858. The van der Waals surface area contributed by atoms with Gasteiger partial charge in [0.25, 0.3) is 5.91 Å². The molecule has 0 saturated carbocycles. The monoisotopic (exact) mass is 421 g/mol. The molecular formula is C24H23NO6. The van der Waals surface area contributed by atoms with Gasteiger partial charge >= 0.3 is 5.97 Å². The summed E-state index contributed by atoms with van der Waals surface area (Å²) in [4.78, 5) is 39.2. The van der Waals surface area contributed by atoms with Crippen molar-refractivity contribution in [1.82, 2.24) is 0 Å². The van der Waals surface area contributed by atoms with E-state index in [0.717, 1.165) is 0 Å². The maximum absolute atomic E-state index is 13.4. The second-order valence-electron chi connectivity index (χ2n) is 6.86. The highest BCUT2D eigenvalue weighted by atomic mass is 16.5. The number of carbonyl (C=O) groups is 3. The van der Waals surface area contributed by atoms with E-state index in [9.17, 15) is 14.4 Å². The van der Waals surface area contributed by atoms with Gasteiger partial charge in [0.15, 0.2) is 5.78 Å². The Bertz CT molecular complexity index is 1130. The quantitative estimate of drug-likeness (QED) is 0.401. The lowest BCUT2D eigenvalue weighted by atomic mass is 10.0. The fraction of sp³-hybridized carbons (Fsp3) is 0.208. The molecule has 0 radical (unpaired) electrons. The van der Waals surface area contributed by atoms with E-state index in [2.05, 4.69) is 0 Å². The molecule has 0 atom stereocenters. The number of ether oxygens (including phenoxy) is 3. The van der Waals surface area contributed by atoms with Crippen LogP contribution in [-0.2, 0) is 14.3 Å². The van der Waals surface area contributed by atoms with Gasteiger partial charge in [0.1, 0.15) is 11.5 Å². The molecule has 0 spiro atoms. The largest absolute Gasteiger partial charge is 0.497 e. The molecule has 0 saturated heterocycles. The summed E-state index contributed by atoms with van der Waals surface area (Å²) in [6.45, 7) is 3.11. The number of anilines is 1. The van der Waals surface area contributed by atoms with Gasteiger partial charge in [-0.15, -0.1) is 0 Å². The van der Waals surface area contributed by atoms with E-state index in [-0.39, 0.29) is 16.9 Å². The van der Waals surface area contributed by atoms with Crippen molar-refractivity contribution in [3.05, 3.63) is 70.4 Å². The van der Waals surface area contributed by atoms with Crippen LogP contribution < -0.4 is 14.4 Å². The Morgan fingerprint density at radius 3 is 2.35 bits per heavy atom. The predicted molar refractivity (Wildman–Crippen MR) is 116 cm³/mol. The Morgan fingerprint density at radius 2 is 1.74 bits per heavy atom. The summed E-state index contributed by atoms with van der Waals surface area (Å²) in [5.41, 5.74) is 2.22. The van der Waals surface area contributed by atoms with Crippen LogP contribution in [0.5, 0.6) is 11.5 Å². The van der Waals surface area contributed by atoms with Crippen molar-refractivity contribution in [1.29, 1.82) is 0 Å². The molecule has 0 unspecified atom stereocenters. The molecule has 1 aliphatic rings. The van der Waals surface area contributed by atoms with Crippen LogP contribution >= 0.6 is 0 Å². The van der Waals surface area contributed by atoms with Crippen molar-refractivity contribution in [2.45, 2.75) is 13.8 Å². The van der Waals surface area contributed by atoms with Gasteiger partial charge < -0.3 is 14.2 Å². The van der Waals surface area contributed by atoms with Crippen molar-refractivity contribution >= 4 is 29.4 Å².